The maximum Gasteiger partial charge on any atom is 0.191 e. The van der Waals surface area contributed by atoms with Crippen LogP contribution in [0.5, 0.6) is 0 Å². The van der Waals surface area contributed by atoms with Crippen LogP contribution in [0, 0.1) is 0 Å². The Balaban J connectivity index is 0.00000196. The Kier molecular flexibility index (Phi) is 9.79. The lowest BCUT2D eigenvalue weighted by molar-refractivity contribution is 0.805. The van der Waals surface area contributed by atoms with Gasteiger partial charge < -0.3 is 10.6 Å². The monoisotopic (exact) mass is 343 g/mol. The molecule has 0 saturated heterocycles. The van der Waals surface area contributed by atoms with Crippen LogP contribution in [-0.2, 0) is 0 Å². The van der Waals surface area contributed by atoms with Gasteiger partial charge >= 0.3 is 0 Å². The molecule has 0 aromatic carbocycles. The molecule has 0 amide bonds. The van der Waals surface area contributed by atoms with Gasteiger partial charge in [0.15, 0.2) is 5.96 Å². The summed E-state index contributed by atoms with van der Waals surface area (Å²) in [5.41, 5.74) is 0. The van der Waals surface area contributed by atoms with Crippen LogP contribution in [0.4, 0.5) is 0 Å². The predicted molar refractivity (Wildman–Crippen MR) is 80.6 cm³/mol. The largest absolute Gasteiger partial charge is 0.357 e. The van der Waals surface area contributed by atoms with E-state index in [-0.39, 0.29) is 24.0 Å². The van der Waals surface area contributed by atoms with E-state index in [4.69, 9.17) is 0 Å². The Hall–Kier alpha value is 0.350. The number of nitrogens with one attached hydrogen (secondary N) is 2. The van der Waals surface area contributed by atoms with Crippen LogP contribution in [0.3, 0.4) is 0 Å². The third-order valence-electron chi connectivity index (χ3n) is 2.04. The Morgan fingerprint density at radius 3 is 2.73 bits per heavy atom. The molecule has 0 unspecified atom stereocenters. The lowest BCUT2D eigenvalue weighted by Crippen LogP contribution is -2.38. The van der Waals surface area contributed by atoms with E-state index in [1.165, 1.54) is 25.0 Å². The van der Waals surface area contributed by atoms with Crippen LogP contribution in [0.25, 0.3) is 0 Å². The number of thioether (sulfide) groups is 1. The van der Waals surface area contributed by atoms with E-state index in [9.17, 15) is 0 Å². The average Bonchev–Trinajstić information content (AvgIpc) is 2.96. The van der Waals surface area contributed by atoms with E-state index >= 15 is 0 Å². The Morgan fingerprint density at radius 1 is 1.47 bits per heavy atom. The smallest absolute Gasteiger partial charge is 0.191 e. The molecule has 1 rings (SSSR count). The Bertz CT molecular complexity index is 184. The van der Waals surface area contributed by atoms with Crippen molar-refractivity contribution in [1.82, 2.24) is 10.6 Å². The zero-order chi connectivity index (χ0) is 10.2. The highest BCUT2D eigenvalue weighted by Gasteiger charge is 2.21. The topological polar surface area (TPSA) is 36.4 Å². The third kappa shape index (κ3) is 8.19. The summed E-state index contributed by atoms with van der Waals surface area (Å²) in [4.78, 5) is 4.51. The van der Waals surface area contributed by atoms with Crippen LogP contribution < -0.4 is 10.6 Å². The summed E-state index contributed by atoms with van der Waals surface area (Å²) in [5.74, 6) is 2.20. The minimum absolute atomic E-state index is 0. The van der Waals surface area contributed by atoms with Crippen molar-refractivity contribution in [3.63, 3.8) is 0 Å². The van der Waals surface area contributed by atoms with Crippen LogP contribution in [-0.4, -0.2) is 37.1 Å². The van der Waals surface area contributed by atoms with Crippen LogP contribution >= 0.6 is 35.7 Å². The summed E-state index contributed by atoms with van der Waals surface area (Å²) < 4.78 is 0. The number of hydrogen-bond acceptors (Lipinski definition) is 2. The van der Waals surface area contributed by atoms with Gasteiger partial charge in [0.1, 0.15) is 0 Å². The van der Waals surface area contributed by atoms with Gasteiger partial charge in [-0.2, -0.15) is 11.8 Å². The summed E-state index contributed by atoms with van der Waals surface area (Å²) >= 11 is 1.88. The zero-order valence-corrected chi connectivity index (χ0v) is 12.7. The molecule has 1 aliphatic carbocycles. The molecule has 0 spiro atoms. The SMILES string of the molecule is CCNC(=NCCCSC)NC1CC1.I. The number of nitrogens with zero attached hydrogens (tertiary/aromatic N) is 1. The zero-order valence-electron chi connectivity index (χ0n) is 9.58. The first-order valence-electron chi connectivity index (χ1n) is 5.40. The second kappa shape index (κ2) is 9.57. The van der Waals surface area contributed by atoms with Crippen molar-refractivity contribution in [3.05, 3.63) is 0 Å². The third-order valence-corrected chi connectivity index (χ3v) is 2.74. The highest BCUT2D eigenvalue weighted by Crippen LogP contribution is 2.18. The molecule has 5 heteroatoms. The minimum Gasteiger partial charge on any atom is -0.357 e. The van der Waals surface area contributed by atoms with Crippen molar-refractivity contribution in [2.75, 3.05) is 25.1 Å². The first-order chi connectivity index (χ1) is 6.86. The number of halogens is 1. The number of rotatable bonds is 6. The molecule has 0 bridgehead atoms. The Morgan fingerprint density at radius 2 is 2.20 bits per heavy atom. The van der Waals surface area contributed by atoms with Gasteiger partial charge in [-0.25, -0.2) is 0 Å². The molecule has 0 heterocycles. The fourth-order valence-electron chi connectivity index (χ4n) is 1.14. The summed E-state index contributed by atoms with van der Waals surface area (Å²) in [5, 5.41) is 6.66. The average molecular weight is 343 g/mol. The van der Waals surface area contributed by atoms with Gasteiger partial charge in [-0.15, -0.1) is 24.0 Å². The van der Waals surface area contributed by atoms with E-state index in [0.29, 0.717) is 6.04 Å². The first kappa shape index (κ1) is 15.3. The molecule has 90 valence electrons. The van der Waals surface area contributed by atoms with Crippen LogP contribution in [0.1, 0.15) is 26.2 Å². The van der Waals surface area contributed by atoms with Gasteiger partial charge in [0, 0.05) is 19.1 Å². The first-order valence-corrected chi connectivity index (χ1v) is 6.80. The van der Waals surface area contributed by atoms with Gasteiger partial charge in [-0.3, -0.25) is 4.99 Å². The summed E-state index contributed by atoms with van der Waals surface area (Å²) in [6.45, 7) is 3.98. The molecule has 0 atom stereocenters. The highest BCUT2D eigenvalue weighted by molar-refractivity contribution is 14.0. The summed E-state index contributed by atoms with van der Waals surface area (Å²) in [6, 6.07) is 0.688. The van der Waals surface area contributed by atoms with E-state index in [2.05, 4.69) is 28.8 Å². The fraction of sp³-hybridized carbons (Fsp3) is 0.900. The molecular weight excluding hydrogens is 321 g/mol. The molecule has 2 N–H and O–H groups in total. The molecule has 0 aromatic heterocycles. The highest BCUT2D eigenvalue weighted by atomic mass is 127. The molecule has 1 fully saturated rings. The molecule has 15 heavy (non-hydrogen) atoms. The molecule has 0 aromatic rings. The normalized spacial score (nSPS) is 15.7. The van der Waals surface area contributed by atoms with Gasteiger partial charge in [-0.1, -0.05) is 0 Å². The molecule has 1 saturated carbocycles. The fourth-order valence-corrected chi connectivity index (χ4v) is 1.56. The second-order valence-electron chi connectivity index (χ2n) is 3.53. The lowest BCUT2D eigenvalue weighted by atomic mass is 10.5. The van der Waals surface area contributed by atoms with E-state index < -0.39 is 0 Å². The van der Waals surface area contributed by atoms with Crippen molar-refractivity contribution in [3.8, 4) is 0 Å². The van der Waals surface area contributed by atoms with Crippen LogP contribution in [0.15, 0.2) is 4.99 Å². The van der Waals surface area contributed by atoms with E-state index in [1.807, 2.05) is 11.8 Å². The molecular formula is C10H22IN3S. The van der Waals surface area contributed by atoms with Gasteiger partial charge in [0.25, 0.3) is 0 Å². The summed E-state index contributed by atoms with van der Waals surface area (Å²) in [7, 11) is 0. The van der Waals surface area contributed by atoms with Crippen LogP contribution in [0.2, 0.25) is 0 Å². The quantitative estimate of drug-likeness (QED) is 0.336. The maximum atomic E-state index is 4.51. The standard InChI is InChI=1S/C10H21N3S.HI/c1-3-11-10(13-9-5-6-9)12-7-4-8-14-2;/h9H,3-8H2,1-2H3,(H2,11,12,13);1H. The van der Waals surface area contributed by atoms with Crippen molar-refractivity contribution in [1.29, 1.82) is 0 Å². The molecule has 3 nitrogen and oxygen atoms in total. The minimum atomic E-state index is 0. The maximum absolute atomic E-state index is 4.51. The number of guanidine groups is 1. The summed E-state index contributed by atoms with van der Waals surface area (Å²) in [6.07, 6.45) is 5.91. The van der Waals surface area contributed by atoms with Gasteiger partial charge in [0.05, 0.1) is 0 Å². The van der Waals surface area contributed by atoms with E-state index in [0.717, 1.165) is 19.0 Å². The lowest BCUT2D eigenvalue weighted by Gasteiger charge is -2.09. The van der Waals surface area contributed by atoms with Gasteiger partial charge in [-0.05, 0) is 38.2 Å². The van der Waals surface area contributed by atoms with Crippen molar-refractivity contribution < 1.29 is 0 Å². The van der Waals surface area contributed by atoms with Gasteiger partial charge in [0.2, 0.25) is 0 Å². The van der Waals surface area contributed by atoms with Crippen molar-refractivity contribution >= 4 is 41.7 Å². The molecule has 0 aliphatic heterocycles. The molecule has 1 aliphatic rings. The molecule has 0 radical (unpaired) electrons. The number of aliphatic imine (C=N–C) groups is 1. The van der Waals surface area contributed by atoms with Crippen molar-refractivity contribution in [2.45, 2.75) is 32.2 Å². The second-order valence-corrected chi connectivity index (χ2v) is 4.51. The Labute approximate surface area is 114 Å². The van der Waals surface area contributed by atoms with Crippen molar-refractivity contribution in [2.24, 2.45) is 4.99 Å². The van der Waals surface area contributed by atoms with E-state index in [1.54, 1.807) is 0 Å². The predicted octanol–water partition coefficient (Wildman–Crippen LogP) is 2.08. The number of hydrogen-bond donors (Lipinski definition) is 2.